The first-order chi connectivity index (χ1) is 14.9. The van der Waals surface area contributed by atoms with Crippen molar-refractivity contribution < 1.29 is 9.21 Å². The van der Waals surface area contributed by atoms with Crippen molar-refractivity contribution in [2.75, 3.05) is 4.90 Å². The number of carbonyl (C=O) groups is 1. The van der Waals surface area contributed by atoms with Crippen molar-refractivity contribution in [3.05, 3.63) is 69.7 Å². The third kappa shape index (κ3) is 4.81. The first kappa shape index (κ1) is 21.5. The van der Waals surface area contributed by atoms with Crippen molar-refractivity contribution in [2.24, 2.45) is 0 Å². The van der Waals surface area contributed by atoms with Crippen LogP contribution in [0.2, 0.25) is 5.02 Å². The van der Waals surface area contributed by atoms with Crippen molar-refractivity contribution in [2.45, 2.75) is 31.7 Å². The molecule has 4 aromatic rings. The number of nitrogens with zero attached hydrogens (tertiary/aromatic N) is 4. The molecule has 2 heterocycles. The van der Waals surface area contributed by atoms with E-state index in [1.54, 1.807) is 24.0 Å². The first-order valence-electron chi connectivity index (χ1n) is 9.46. The van der Waals surface area contributed by atoms with Gasteiger partial charge in [0.05, 0.1) is 11.4 Å². The summed E-state index contributed by atoms with van der Waals surface area (Å²) in [6, 6.07) is 13.1. The van der Waals surface area contributed by atoms with Crippen molar-refractivity contribution in [1.82, 2.24) is 15.2 Å². The number of amides is 1. The molecule has 0 aliphatic rings. The van der Waals surface area contributed by atoms with Crippen LogP contribution in [0.3, 0.4) is 0 Å². The first-order valence-corrected chi connectivity index (χ1v) is 11.7. The van der Waals surface area contributed by atoms with Gasteiger partial charge in [-0.05, 0) is 55.3 Å². The van der Waals surface area contributed by atoms with Gasteiger partial charge in [0.2, 0.25) is 11.8 Å². The van der Waals surface area contributed by atoms with E-state index in [0.717, 1.165) is 28.1 Å². The minimum absolute atomic E-state index is 0.0771. The predicted molar refractivity (Wildman–Crippen MR) is 125 cm³/mol. The molecule has 0 fully saturated rings. The van der Waals surface area contributed by atoms with Crippen LogP contribution >= 0.6 is 34.7 Å². The van der Waals surface area contributed by atoms with Gasteiger partial charge in [-0.2, -0.15) is 0 Å². The fourth-order valence-corrected chi connectivity index (χ4v) is 4.73. The third-order valence-corrected chi connectivity index (χ3v) is 6.68. The highest BCUT2D eigenvalue weighted by atomic mass is 35.5. The summed E-state index contributed by atoms with van der Waals surface area (Å²) in [6.07, 6.45) is 0. The molecule has 2 aromatic carbocycles. The van der Waals surface area contributed by atoms with Gasteiger partial charge in [0, 0.05) is 28.6 Å². The van der Waals surface area contributed by atoms with Crippen molar-refractivity contribution in [1.29, 1.82) is 0 Å². The zero-order valence-corrected chi connectivity index (χ0v) is 19.5. The number of hydrogen-bond acceptors (Lipinski definition) is 7. The Morgan fingerprint density at radius 2 is 1.94 bits per heavy atom. The number of anilines is 2. The van der Waals surface area contributed by atoms with E-state index in [0.29, 0.717) is 27.0 Å². The largest absolute Gasteiger partial charge is 0.411 e. The molecule has 2 aromatic heterocycles. The van der Waals surface area contributed by atoms with Gasteiger partial charge in [0.1, 0.15) is 0 Å². The molecule has 158 valence electrons. The molecule has 0 saturated carbocycles. The van der Waals surface area contributed by atoms with Gasteiger partial charge in [-0.15, -0.1) is 21.5 Å². The van der Waals surface area contributed by atoms with Gasteiger partial charge in [-0.1, -0.05) is 35.5 Å². The molecule has 0 bridgehead atoms. The maximum absolute atomic E-state index is 12.4. The number of carbonyl (C=O) groups excluding carboxylic acids is 1. The lowest BCUT2D eigenvalue weighted by Gasteiger charge is -2.21. The summed E-state index contributed by atoms with van der Waals surface area (Å²) in [7, 11) is 0. The molecule has 0 aliphatic heterocycles. The van der Waals surface area contributed by atoms with E-state index >= 15 is 0 Å². The smallest absolute Gasteiger partial charge is 0.277 e. The third-order valence-electron chi connectivity index (χ3n) is 4.70. The van der Waals surface area contributed by atoms with Crippen LogP contribution in [0.1, 0.15) is 23.7 Å². The van der Waals surface area contributed by atoms with E-state index in [9.17, 15) is 4.79 Å². The predicted octanol–water partition coefficient (Wildman–Crippen LogP) is 6.44. The summed E-state index contributed by atoms with van der Waals surface area (Å²) in [5, 5.41) is 11.9. The van der Waals surface area contributed by atoms with Crippen molar-refractivity contribution in [3.8, 4) is 11.5 Å². The van der Waals surface area contributed by atoms with Crippen LogP contribution in [0.5, 0.6) is 0 Å². The fraction of sp³-hybridized carbons (Fsp3) is 0.182. The Labute approximate surface area is 193 Å². The number of thiazole rings is 1. The number of aryl methyl sites for hydroxylation is 1. The van der Waals surface area contributed by atoms with E-state index in [1.165, 1.54) is 23.1 Å². The molecule has 1 amide bonds. The Hall–Kier alpha value is -2.68. The molecule has 0 spiro atoms. The lowest BCUT2D eigenvalue weighted by molar-refractivity contribution is -0.115. The van der Waals surface area contributed by atoms with Crippen LogP contribution in [-0.4, -0.2) is 21.1 Å². The summed E-state index contributed by atoms with van der Waals surface area (Å²) < 4.78 is 5.73. The summed E-state index contributed by atoms with van der Waals surface area (Å²) >= 11 is 8.76. The Morgan fingerprint density at radius 3 is 2.68 bits per heavy atom. The van der Waals surface area contributed by atoms with Gasteiger partial charge in [0.15, 0.2) is 5.13 Å². The molecule has 0 unspecified atom stereocenters. The van der Waals surface area contributed by atoms with E-state index in [-0.39, 0.29) is 5.91 Å². The molecule has 6 nitrogen and oxygen atoms in total. The molecule has 0 atom stereocenters. The Morgan fingerprint density at radius 1 is 1.16 bits per heavy atom. The molecule has 0 radical (unpaired) electrons. The standard InChI is InChI=1S/C22H19ClN4O2S2/c1-13-5-4-6-19(14(13)2)27(15(3)28)21-24-18(11-30-21)12-31-22-26-25-20(29-22)16-7-9-17(23)10-8-16/h4-11H,12H2,1-3H3. The van der Waals surface area contributed by atoms with Crippen molar-refractivity contribution >= 4 is 51.4 Å². The average molecular weight is 471 g/mol. The van der Waals surface area contributed by atoms with Gasteiger partial charge in [-0.25, -0.2) is 4.98 Å². The quantitative estimate of drug-likeness (QED) is 0.302. The summed E-state index contributed by atoms with van der Waals surface area (Å²) in [5.41, 5.74) is 4.69. The Kier molecular flexibility index (Phi) is 6.41. The van der Waals surface area contributed by atoms with Crippen LogP contribution in [0.4, 0.5) is 10.8 Å². The van der Waals surface area contributed by atoms with Gasteiger partial charge < -0.3 is 4.42 Å². The summed E-state index contributed by atoms with van der Waals surface area (Å²) in [6.45, 7) is 5.59. The lowest BCUT2D eigenvalue weighted by Crippen LogP contribution is -2.23. The molecule has 0 saturated heterocycles. The summed E-state index contributed by atoms with van der Waals surface area (Å²) in [4.78, 5) is 18.7. The Bertz CT molecular complexity index is 1220. The van der Waals surface area contributed by atoms with E-state index in [4.69, 9.17) is 16.0 Å². The minimum atomic E-state index is -0.0771. The van der Waals surface area contributed by atoms with Crippen molar-refractivity contribution in [3.63, 3.8) is 0 Å². The number of benzene rings is 2. The van der Waals surface area contributed by atoms with E-state index in [2.05, 4.69) is 15.2 Å². The van der Waals surface area contributed by atoms with E-state index < -0.39 is 0 Å². The Balaban J connectivity index is 1.48. The topological polar surface area (TPSA) is 72.1 Å². The highest BCUT2D eigenvalue weighted by Crippen LogP contribution is 2.34. The molecule has 4 rings (SSSR count). The van der Waals surface area contributed by atoms with Gasteiger partial charge in [-0.3, -0.25) is 9.69 Å². The highest BCUT2D eigenvalue weighted by molar-refractivity contribution is 7.98. The second kappa shape index (κ2) is 9.21. The zero-order chi connectivity index (χ0) is 22.0. The van der Waals surface area contributed by atoms with Crippen LogP contribution < -0.4 is 4.90 Å². The molecule has 31 heavy (non-hydrogen) atoms. The monoisotopic (exact) mass is 470 g/mol. The maximum Gasteiger partial charge on any atom is 0.277 e. The molecule has 0 N–H and O–H groups in total. The molecular weight excluding hydrogens is 452 g/mol. The van der Waals surface area contributed by atoms with E-state index in [1.807, 2.05) is 49.6 Å². The van der Waals surface area contributed by atoms with Gasteiger partial charge >= 0.3 is 0 Å². The average Bonchev–Trinajstić information content (AvgIpc) is 3.40. The van der Waals surface area contributed by atoms with Crippen LogP contribution in [0.25, 0.3) is 11.5 Å². The fourth-order valence-electron chi connectivity index (χ4n) is 2.96. The van der Waals surface area contributed by atoms with Gasteiger partial charge in [0.25, 0.3) is 5.22 Å². The molecular formula is C22H19ClN4O2S2. The van der Waals surface area contributed by atoms with Crippen LogP contribution in [0.15, 0.2) is 57.5 Å². The lowest BCUT2D eigenvalue weighted by atomic mass is 10.1. The highest BCUT2D eigenvalue weighted by Gasteiger charge is 2.20. The second-order valence-electron chi connectivity index (χ2n) is 6.86. The number of rotatable bonds is 6. The summed E-state index contributed by atoms with van der Waals surface area (Å²) in [5.74, 6) is 0.916. The SMILES string of the molecule is CC(=O)N(c1nc(CSc2nnc(-c3ccc(Cl)cc3)o2)cs1)c1cccc(C)c1C. The minimum Gasteiger partial charge on any atom is -0.411 e. The molecule has 9 heteroatoms. The zero-order valence-electron chi connectivity index (χ0n) is 17.1. The molecule has 0 aliphatic carbocycles. The van der Waals surface area contributed by atoms with Crippen LogP contribution in [0, 0.1) is 13.8 Å². The normalized spacial score (nSPS) is 11.0. The number of hydrogen-bond donors (Lipinski definition) is 0. The second-order valence-corrected chi connectivity index (χ2v) is 9.06. The number of thioether (sulfide) groups is 1. The maximum atomic E-state index is 12.4. The number of halogens is 1. The van der Waals surface area contributed by atoms with Crippen LogP contribution in [-0.2, 0) is 10.5 Å². The number of aromatic nitrogens is 3.